The number of nitrogens with zero attached hydrogens (tertiary/aromatic N) is 4. The van der Waals surface area contributed by atoms with Gasteiger partial charge in [0.25, 0.3) is 0 Å². The van der Waals surface area contributed by atoms with E-state index in [1.165, 1.54) is 18.5 Å². The van der Waals surface area contributed by atoms with Crippen LogP contribution in [0.5, 0.6) is 0 Å². The van der Waals surface area contributed by atoms with E-state index in [0.29, 0.717) is 37.4 Å². The lowest BCUT2D eigenvalue weighted by Gasteiger charge is -2.31. The second kappa shape index (κ2) is 11.1. The first-order valence-corrected chi connectivity index (χ1v) is 10.4. The zero-order chi connectivity index (χ0) is 23.8. The number of aromatic nitrogens is 2. The molecule has 2 heterocycles. The Labute approximate surface area is 190 Å². The summed E-state index contributed by atoms with van der Waals surface area (Å²) in [7, 11) is 0. The van der Waals surface area contributed by atoms with Crippen molar-refractivity contribution in [2.45, 2.75) is 32.8 Å². The number of hydrogen-bond donors (Lipinski definition) is 2. The first kappa shape index (κ1) is 23.8. The number of ether oxygens (including phenoxy) is 1. The molecule has 1 fully saturated rings. The fourth-order valence-corrected chi connectivity index (χ4v) is 2.97. The van der Waals surface area contributed by atoms with Crippen LogP contribution in [0.2, 0.25) is 0 Å². The molecule has 3 N–H and O–H groups in total. The molecule has 0 unspecified atom stereocenters. The quantitative estimate of drug-likeness (QED) is 0.172. The lowest BCUT2D eigenvalue weighted by atomic mass is 10.1. The number of nitrogens with one attached hydrogen (secondary N) is 1. The predicted molar refractivity (Wildman–Crippen MR) is 119 cm³/mol. The summed E-state index contributed by atoms with van der Waals surface area (Å²) in [5.41, 5.74) is 6.93. The van der Waals surface area contributed by atoms with Crippen molar-refractivity contribution in [3.05, 3.63) is 42.0 Å². The Balaban J connectivity index is 1.56. The molecular weight excluding hydrogens is 431 g/mol. The van der Waals surface area contributed by atoms with Crippen molar-refractivity contribution in [2.75, 3.05) is 24.6 Å². The van der Waals surface area contributed by atoms with Crippen LogP contribution in [-0.2, 0) is 25.8 Å². The number of amidine groups is 1. The van der Waals surface area contributed by atoms with Crippen LogP contribution >= 0.6 is 0 Å². The standard InChI is InChI=1S/C22H25FN6O4/c1-2-17(30)6-7-33-28-16-11-29(12-16)22-26-9-15(10-27-22)18-5-3-4-14(21(18)23)13-32-20(31)8-19(24)25/h3-5,9-10H,2,6-8,11-13H2,1H3,(H3,24,25). The van der Waals surface area contributed by atoms with Gasteiger partial charge in [-0.15, -0.1) is 0 Å². The topological polar surface area (TPSA) is 144 Å². The summed E-state index contributed by atoms with van der Waals surface area (Å²) in [4.78, 5) is 38.4. The second-order valence-corrected chi connectivity index (χ2v) is 7.40. The van der Waals surface area contributed by atoms with Crippen LogP contribution in [-0.4, -0.2) is 53.0 Å². The second-order valence-electron chi connectivity index (χ2n) is 7.40. The Bertz CT molecular complexity index is 1050. The fraction of sp³-hybridized carbons (Fsp3) is 0.364. The monoisotopic (exact) mass is 456 g/mol. The number of oxime groups is 1. The Hall–Kier alpha value is -3.89. The average Bonchev–Trinajstić information content (AvgIpc) is 2.76. The van der Waals surface area contributed by atoms with Crippen molar-refractivity contribution in [3.8, 4) is 11.1 Å². The van der Waals surface area contributed by atoms with Gasteiger partial charge in [0.05, 0.1) is 18.8 Å². The first-order chi connectivity index (χ1) is 15.9. The molecule has 10 nitrogen and oxygen atoms in total. The molecule has 1 aromatic carbocycles. The van der Waals surface area contributed by atoms with Gasteiger partial charge in [-0.3, -0.25) is 15.0 Å². The van der Waals surface area contributed by atoms with Crippen molar-refractivity contribution in [1.82, 2.24) is 9.97 Å². The van der Waals surface area contributed by atoms with Crippen LogP contribution in [0.3, 0.4) is 0 Å². The van der Waals surface area contributed by atoms with Crippen molar-refractivity contribution in [2.24, 2.45) is 10.9 Å². The Morgan fingerprint density at radius 3 is 2.67 bits per heavy atom. The highest BCUT2D eigenvalue weighted by Gasteiger charge is 2.25. The molecule has 2 aromatic rings. The van der Waals surface area contributed by atoms with Crippen molar-refractivity contribution < 1.29 is 23.6 Å². The molecule has 11 heteroatoms. The molecule has 0 saturated carbocycles. The Morgan fingerprint density at radius 1 is 1.27 bits per heavy atom. The summed E-state index contributed by atoms with van der Waals surface area (Å²) in [5.74, 6) is -0.939. The predicted octanol–water partition coefficient (Wildman–Crippen LogP) is 2.21. The number of benzene rings is 1. The lowest BCUT2D eigenvalue weighted by Crippen LogP contribution is -2.48. The highest BCUT2D eigenvalue weighted by Crippen LogP contribution is 2.26. The number of Topliss-reactive ketones (excluding diaryl/α,β-unsaturated/α-hetero) is 1. The van der Waals surface area contributed by atoms with Gasteiger partial charge in [0.2, 0.25) is 5.95 Å². The molecule has 1 aliphatic rings. The largest absolute Gasteiger partial charge is 0.460 e. The van der Waals surface area contributed by atoms with Crippen LogP contribution in [0, 0.1) is 11.2 Å². The minimum absolute atomic E-state index is 0.134. The SMILES string of the molecule is CCC(=O)CCON=C1CN(c2ncc(-c3cccc(COC(=O)CC(=N)N)c3F)cn2)C1. The molecule has 174 valence electrons. The van der Waals surface area contributed by atoms with Crippen LogP contribution in [0.25, 0.3) is 11.1 Å². The summed E-state index contributed by atoms with van der Waals surface area (Å²) in [5, 5.41) is 11.1. The normalized spacial score (nSPS) is 12.7. The van der Waals surface area contributed by atoms with E-state index >= 15 is 0 Å². The Kier molecular flexibility index (Phi) is 8.01. The number of ketones is 1. The molecule has 3 rings (SSSR count). The summed E-state index contributed by atoms with van der Waals surface area (Å²) in [6.07, 6.45) is 3.54. The van der Waals surface area contributed by atoms with Crippen LogP contribution in [0.15, 0.2) is 35.7 Å². The molecule has 1 saturated heterocycles. The van der Waals surface area contributed by atoms with Crippen molar-refractivity contribution in [3.63, 3.8) is 0 Å². The van der Waals surface area contributed by atoms with Gasteiger partial charge in [0.15, 0.2) is 0 Å². The zero-order valence-electron chi connectivity index (χ0n) is 18.2. The van der Waals surface area contributed by atoms with Gasteiger partial charge in [0.1, 0.15) is 37.1 Å². The van der Waals surface area contributed by atoms with E-state index in [9.17, 15) is 14.0 Å². The number of carbonyl (C=O) groups is 2. The molecule has 0 atom stereocenters. The number of esters is 1. The minimum atomic E-state index is -0.697. The van der Waals surface area contributed by atoms with Crippen molar-refractivity contribution >= 4 is 29.2 Å². The molecule has 0 bridgehead atoms. The van der Waals surface area contributed by atoms with E-state index in [0.717, 1.165) is 5.71 Å². The van der Waals surface area contributed by atoms with E-state index in [4.69, 9.17) is 20.7 Å². The highest BCUT2D eigenvalue weighted by atomic mass is 19.1. The maximum Gasteiger partial charge on any atom is 0.313 e. The highest BCUT2D eigenvalue weighted by molar-refractivity contribution is 5.98. The van der Waals surface area contributed by atoms with Gasteiger partial charge in [-0.05, 0) is 0 Å². The minimum Gasteiger partial charge on any atom is -0.460 e. The maximum absolute atomic E-state index is 14.9. The van der Waals surface area contributed by atoms with E-state index in [1.54, 1.807) is 12.1 Å². The van der Waals surface area contributed by atoms with E-state index < -0.39 is 11.8 Å². The van der Waals surface area contributed by atoms with Crippen LogP contribution < -0.4 is 10.6 Å². The number of carbonyl (C=O) groups excluding carboxylic acids is 2. The van der Waals surface area contributed by atoms with Gasteiger partial charge in [0, 0.05) is 41.9 Å². The third-order valence-corrected chi connectivity index (χ3v) is 4.84. The molecule has 0 amide bonds. The Morgan fingerprint density at radius 2 is 2.00 bits per heavy atom. The van der Waals surface area contributed by atoms with Gasteiger partial charge >= 0.3 is 5.97 Å². The fourth-order valence-electron chi connectivity index (χ4n) is 2.97. The summed E-state index contributed by atoms with van der Waals surface area (Å²) >= 11 is 0. The number of halogens is 1. The van der Waals surface area contributed by atoms with E-state index in [-0.39, 0.29) is 42.4 Å². The summed E-state index contributed by atoms with van der Waals surface area (Å²) in [6.45, 7) is 2.83. The molecule has 0 radical (unpaired) electrons. The molecule has 0 spiro atoms. The number of nitrogens with two attached hydrogens (primary N) is 1. The molecular formula is C22H25FN6O4. The number of hydrogen-bond acceptors (Lipinski definition) is 9. The molecule has 1 aromatic heterocycles. The molecule has 33 heavy (non-hydrogen) atoms. The summed E-state index contributed by atoms with van der Waals surface area (Å²) < 4.78 is 19.9. The van der Waals surface area contributed by atoms with E-state index in [2.05, 4.69) is 15.1 Å². The van der Waals surface area contributed by atoms with Crippen LogP contribution in [0.4, 0.5) is 10.3 Å². The third kappa shape index (κ3) is 6.55. The maximum atomic E-state index is 14.9. The van der Waals surface area contributed by atoms with Crippen LogP contribution in [0.1, 0.15) is 31.7 Å². The summed E-state index contributed by atoms with van der Waals surface area (Å²) in [6, 6.07) is 4.74. The van der Waals surface area contributed by atoms with Gasteiger partial charge in [-0.1, -0.05) is 30.3 Å². The average molecular weight is 456 g/mol. The van der Waals surface area contributed by atoms with Gasteiger partial charge < -0.3 is 20.2 Å². The number of anilines is 1. The van der Waals surface area contributed by atoms with E-state index in [1.807, 2.05) is 11.8 Å². The first-order valence-electron chi connectivity index (χ1n) is 10.4. The third-order valence-electron chi connectivity index (χ3n) is 4.84. The number of rotatable bonds is 11. The molecule has 1 aliphatic heterocycles. The molecule has 0 aliphatic carbocycles. The smallest absolute Gasteiger partial charge is 0.313 e. The van der Waals surface area contributed by atoms with Gasteiger partial charge in [-0.2, -0.15) is 0 Å². The van der Waals surface area contributed by atoms with Gasteiger partial charge in [-0.25, -0.2) is 14.4 Å². The lowest BCUT2D eigenvalue weighted by molar-refractivity contribution is -0.143. The zero-order valence-corrected chi connectivity index (χ0v) is 18.2. The van der Waals surface area contributed by atoms with Crippen molar-refractivity contribution in [1.29, 1.82) is 5.41 Å².